The van der Waals surface area contributed by atoms with Gasteiger partial charge in [0.15, 0.2) is 5.01 Å². The summed E-state index contributed by atoms with van der Waals surface area (Å²) in [6.45, 7) is 0.318. The van der Waals surface area contributed by atoms with Gasteiger partial charge in [0.25, 0.3) is 0 Å². The smallest absolute Gasteiger partial charge is 0.241 e. The lowest BCUT2D eigenvalue weighted by atomic mass is 10.3. The van der Waals surface area contributed by atoms with Crippen LogP contribution in [0.3, 0.4) is 0 Å². The quantitative estimate of drug-likeness (QED) is 0.855. The van der Waals surface area contributed by atoms with Crippen molar-refractivity contribution in [1.29, 1.82) is 0 Å². The summed E-state index contributed by atoms with van der Waals surface area (Å²) in [7, 11) is 0. The molecule has 1 aromatic carbocycles. The van der Waals surface area contributed by atoms with E-state index in [9.17, 15) is 4.79 Å². The number of carbonyl (C=O) groups excluding carboxylic acids is 1. The molecule has 5 nitrogen and oxygen atoms in total. The minimum Gasteiger partial charge on any atom is -0.486 e. The second kappa shape index (κ2) is 6.32. The highest BCUT2D eigenvalue weighted by molar-refractivity contribution is 7.15. The van der Waals surface area contributed by atoms with Crippen molar-refractivity contribution in [2.24, 2.45) is 0 Å². The number of alkyl halides is 1. The van der Waals surface area contributed by atoms with Crippen LogP contribution in [-0.2, 0) is 11.4 Å². The van der Waals surface area contributed by atoms with Crippen molar-refractivity contribution in [2.75, 3.05) is 11.2 Å². The molecule has 2 aromatic rings. The van der Waals surface area contributed by atoms with Crippen molar-refractivity contribution in [3.05, 3.63) is 35.3 Å². The zero-order chi connectivity index (χ0) is 12.8. The van der Waals surface area contributed by atoms with Crippen molar-refractivity contribution in [3.63, 3.8) is 0 Å². The van der Waals surface area contributed by atoms with E-state index in [2.05, 4.69) is 15.5 Å². The van der Waals surface area contributed by atoms with Crippen molar-refractivity contribution in [3.8, 4) is 5.75 Å². The minimum atomic E-state index is -0.302. The highest BCUT2D eigenvalue weighted by atomic mass is 35.5. The average Bonchev–Trinajstić information content (AvgIpc) is 2.85. The Morgan fingerprint density at radius 3 is 2.83 bits per heavy atom. The molecule has 0 atom stereocenters. The first-order chi connectivity index (χ1) is 8.78. The molecule has 94 valence electrons. The highest BCUT2D eigenvalue weighted by Gasteiger charge is 2.07. The maximum atomic E-state index is 11.0. The third kappa shape index (κ3) is 3.68. The van der Waals surface area contributed by atoms with Gasteiger partial charge in [0.1, 0.15) is 18.2 Å². The molecular weight excluding hydrogens is 274 g/mol. The van der Waals surface area contributed by atoms with Crippen LogP contribution in [0.5, 0.6) is 5.75 Å². The lowest BCUT2D eigenvalue weighted by Gasteiger charge is -2.01. The molecule has 0 aliphatic rings. The largest absolute Gasteiger partial charge is 0.486 e. The van der Waals surface area contributed by atoms with Gasteiger partial charge in [0, 0.05) is 0 Å². The average molecular weight is 284 g/mol. The molecule has 0 radical (unpaired) electrons. The maximum Gasteiger partial charge on any atom is 0.241 e. The first-order valence-corrected chi connectivity index (χ1v) is 6.49. The maximum absolute atomic E-state index is 11.0. The molecule has 18 heavy (non-hydrogen) atoms. The Labute approximate surface area is 113 Å². The summed E-state index contributed by atoms with van der Waals surface area (Å²) < 4.78 is 5.51. The van der Waals surface area contributed by atoms with Crippen molar-refractivity contribution in [1.82, 2.24) is 10.2 Å². The molecule has 1 amide bonds. The standard InChI is InChI=1S/C11H10ClN3O2S/c12-6-9(16)13-11-15-14-10(18-11)7-17-8-4-2-1-3-5-8/h1-5H,6-7H2,(H,13,15,16). The molecule has 0 aliphatic carbocycles. The van der Waals surface area contributed by atoms with Crippen molar-refractivity contribution in [2.45, 2.75) is 6.61 Å². The lowest BCUT2D eigenvalue weighted by Crippen LogP contribution is -2.12. The number of hydrogen-bond donors (Lipinski definition) is 1. The van der Waals surface area contributed by atoms with E-state index in [1.54, 1.807) is 0 Å². The summed E-state index contributed by atoms with van der Waals surface area (Å²) >= 11 is 6.63. The third-order valence-electron chi connectivity index (χ3n) is 1.94. The summed E-state index contributed by atoms with van der Waals surface area (Å²) in [6, 6.07) is 9.41. The molecule has 7 heteroatoms. The fourth-order valence-electron chi connectivity index (χ4n) is 1.18. The molecule has 1 N–H and O–H groups in total. The van der Waals surface area contributed by atoms with Gasteiger partial charge in [-0.15, -0.1) is 21.8 Å². The number of benzene rings is 1. The number of para-hydroxylation sites is 1. The zero-order valence-electron chi connectivity index (χ0n) is 9.30. The van der Waals surface area contributed by atoms with Gasteiger partial charge in [-0.05, 0) is 12.1 Å². The summed E-state index contributed by atoms with van der Waals surface area (Å²) in [5.74, 6) is 0.359. The molecular formula is C11H10ClN3O2S. The molecule has 1 heterocycles. The summed E-state index contributed by atoms with van der Waals surface area (Å²) in [5, 5.41) is 11.4. The zero-order valence-corrected chi connectivity index (χ0v) is 10.9. The molecule has 0 fully saturated rings. The molecule has 2 rings (SSSR count). The Morgan fingerprint density at radius 2 is 2.11 bits per heavy atom. The molecule has 0 unspecified atom stereocenters. The Hall–Kier alpha value is -1.66. The van der Waals surface area contributed by atoms with Crippen LogP contribution in [0.15, 0.2) is 30.3 Å². The fourth-order valence-corrected chi connectivity index (χ4v) is 1.91. The first-order valence-electron chi connectivity index (χ1n) is 5.14. The second-order valence-electron chi connectivity index (χ2n) is 3.28. The Kier molecular flexibility index (Phi) is 4.49. The molecule has 0 bridgehead atoms. The Morgan fingerprint density at radius 1 is 1.33 bits per heavy atom. The van der Waals surface area contributed by atoms with Gasteiger partial charge in [-0.25, -0.2) is 0 Å². The van der Waals surface area contributed by atoms with Gasteiger partial charge in [0.05, 0.1) is 0 Å². The lowest BCUT2D eigenvalue weighted by molar-refractivity contribution is -0.113. The number of anilines is 1. The third-order valence-corrected chi connectivity index (χ3v) is 3.00. The fraction of sp³-hybridized carbons (Fsp3) is 0.182. The number of halogens is 1. The van der Waals surface area contributed by atoms with Crippen molar-refractivity contribution >= 4 is 34.0 Å². The van der Waals surface area contributed by atoms with E-state index in [1.165, 1.54) is 11.3 Å². The minimum absolute atomic E-state index is 0.102. The van der Waals surface area contributed by atoms with Gasteiger partial charge in [0.2, 0.25) is 11.0 Å². The molecule has 1 aromatic heterocycles. The van der Waals surface area contributed by atoms with E-state index in [-0.39, 0.29) is 11.8 Å². The predicted molar refractivity (Wildman–Crippen MR) is 70.0 cm³/mol. The molecule has 0 spiro atoms. The second-order valence-corrected chi connectivity index (χ2v) is 4.61. The summed E-state index contributed by atoms with van der Waals surface area (Å²) in [6.07, 6.45) is 0. The number of nitrogens with zero attached hydrogens (tertiary/aromatic N) is 2. The topological polar surface area (TPSA) is 64.1 Å². The van der Waals surface area contributed by atoms with Gasteiger partial charge in [-0.2, -0.15) is 0 Å². The van der Waals surface area contributed by atoms with Crippen molar-refractivity contribution < 1.29 is 9.53 Å². The Balaban J connectivity index is 1.89. The number of amides is 1. The van der Waals surface area contributed by atoms with Gasteiger partial charge in [-0.3, -0.25) is 10.1 Å². The van der Waals surface area contributed by atoms with Gasteiger partial charge in [-0.1, -0.05) is 29.5 Å². The number of rotatable bonds is 5. The van der Waals surface area contributed by atoms with Gasteiger partial charge < -0.3 is 4.74 Å². The summed E-state index contributed by atoms with van der Waals surface area (Å²) in [4.78, 5) is 11.0. The van der Waals surface area contributed by atoms with Crippen LogP contribution in [0.25, 0.3) is 0 Å². The van der Waals surface area contributed by atoms with E-state index in [0.717, 1.165) is 5.75 Å². The molecule has 0 saturated heterocycles. The number of carbonyl (C=O) groups is 1. The van der Waals surface area contributed by atoms with Crippen LogP contribution in [0.1, 0.15) is 5.01 Å². The Bertz CT molecular complexity index is 518. The van der Waals surface area contributed by atoms with E-state index < -0.39 is 0 Å². The number of aromatic nitrogens is 2. The highest BCUT2D eigenvalue weighted by Crippen LogP contribution is 2.17. The van der Waals surface area contributed by atoms with Gasteiger partial charge >= 0.3 is 0 Å². The normalized spacial score (nSPS) is 10.1. The van der Waals surface area contributed by atoms with E-state index in [4.69, 9.17) is 16.3 Å². The monoisotopic (exact) mass is 283 g/mol. The van der Waals surface area contributed by atoms with E-state index in [0.29, 0.717) is 16.7 Å². The predicted octanol–water partition coefficient (Wildman–Crippen LogP) is 2.29. The van der Waals surface area contributed by atoms with Crippen LogP contribution in [0, 0.1) is 0 Å². The van der Waals surface area contributed by atoms with Crippen LogP contribution in [-0.4, -0.2) is 22.0 Å². The molecule has 0 saturated carbocycles. The van der Waals surface area contributed by atoms with Crippen LogP contribution in [0.2, 0.25) is 0 Å². The SMILES string of the molecule is O=C(CCl)Nc1nnc(COc2ccccc2)s1. The van der Waals surface area contributed by atoms with E-state index >= 15 is 0 Å². The van der Waals surface area contributed by atoms with Crippen LogP contribution < -0.4 is 10.1 Å². The van der Waals surface area contributed by atoms with Crippen LogP contribution in [0.4, 0.5) is 5.13 Å². The molecule has 0 aliphatic heterocycles. The number of nitrogens with one attached hydrogen (secondary N) is 1. The summed E-state index contributed by atoms with van der Waals surface area (Å²) in [5.41, 5.74) is 0. The van der Waals surface area contributed by atoms with E-state index in [1.807, 2.05) is 30.3 Å². The number of hydrogen-bond acceptors (Lipinski definition) is 5. The first kappa shape index (κ1) is 12.8. The number of ether oxygens (including phenoxy) is 1. The van der Waals surface area contributed by atoms with Crippen LogP contribution >= 0.6 is 22.9 Å².